The number of nitrogens with one attached hydrogen (secondary N) is 1. The fraction of sp³-hybridized carbons (Fsp3) is 0. The summed E-state index contributed by atoms with van der Waals surface area (Å²) in [5, 5.41) is 11.1. The average molecular weight is 292 g/mol. The number of amides is 1. The normalized spacial score (nSPS) is 10.2. The SMILES string of the molecule is Nc1ccc(F)cc1C(=O)Nc1ccc(F)c(C(=O)O)c1. The number of benzene rings is 2. The van der Waals surface area contributed by atoms with E-state index in [1.54, 1.807) is 0 Å². The standard InChI is InChI=1S/C14H10F2N2O3/c15-7-1-4-12(17)10(5-7)13(19)18-8-2-3-11(16)9(6-8)14(20)21/h1-6H,17H2,(H,18,19)(H,20,21). The van der Waals surface area contributed by atoms with E-state index in [-0.39, 0.29) is 16.9 Å². The van der Waals surface area contributed by atoms with Crippen molar-refractivity contribution in [3.05, 3.63) is 59.2 Å². The van der Waals surface area contributed by atoms with Gasteiger partial charge in [0.15, 0.2) is 0 Å². The molecule has 21 heavy (non-hydrogen) atoms. The van der Waals surface area contributed by atoms with Crippen molar-refractivity contribution in [2.24, 2.45) is 0 Å². The summed E-state index contributed by atoms with van der Waals surface area (Å²) in [4.78, 5) is 22.8. The average Bonchev–Trinajstić information content (AvgIpc) is 2.43. The maximum Gasteiger partial charge on any atom is 0.338 e. The maximum absolute atomic E-state index is 13.2. The highest BCUT2D eigenvalue weighted by atomic mass is 19.1. The topological polar surface area (TPSA) is 92.4 Å². The second-order valence-corrected chi connectivity index (χ2v) is 4.19. The maximum atomic E-state index is 13.2. The van der Waals surface area contributed by atoms with Crippen LogP contribution in [0, 0.1) is 11.6 Å². The predicted molar refractivity (Wildman–Crippen MR) is 72.1 cm³/mol. The van der Waals surface area contributed by atoms with Gasteiger partial charge in [0.2, 0.25) is 0 Å². The Morgan fingerprint density at radius 2 is 1.76 bits per heavy atom. The first-order valence-electron chi connectivity index (χ1n) is 5.77. The lowest BCUT2D eigenvalue weighted by molar-refractivity contribution is 0.0691. The molecule has 2 aromatic carbocycles. The van der Waals surface area contributed by atoms with Crippen molar-refractivity contribution in [3.8, 4) is 0 Å². The van der Waals surface area contributed by atoms with Gasteiger partial charge in [0.25, 0.3) is 5.91 Å². The van der Waals surface area contributed by atoms with Gasteiger partial charge in [-0.3, -0.25) is 4.79 Å². The molecular formula is C14H10F2N2O3. The Morgan fingerprint density at radius 3 is 2.43 bits per heavy atom. The molecule has 0 saturated heterocycles. The van der Waals surface area contributed by atoms with Gasteiger partial charge < -0.3 is 16.2 Å². The molecule has 0 fully saturated rings. The molecule has 0 atom stereocenters. The molecule has 0 aliphatic heterocycles. The Labute approximate surface area is 118 Å². The molecule has 0 heterocycles. The lowest BCUT2D eigenvalue weighted by atomic mass is 10.1. The third-order valence-corrected chi connectivity index (χ3v) is 2.71. The van der Waals surface area contributed by atoms with E-state index < -0.39 is 29.1 Å². The summed E-state index contributed by atoms with van der Waals surface area (Å²) in [5.41, 5.74) is 5.00. The Bertz CT molecular complexity index is 732. The summed E-state index contributed by atoms with van der Waals surface area (Å²) in [7, 11) is 0. The van der Waals surface area contributed by atoms with Crippen LogP contribution >= 0.6 is 0 Å². The van der Waals surface area contributed by atoms with Crippen LogP contribution in [-0.2, 0) is 0 Å². The Hall–Kier alpha value is -2.96. The molecule has 0 aliphatic rings. The molecule has 0 spiro atoms. The van der Waals surface area contributed by atoms with Gasteiger partial charge in [-0.25, -0.2) is 13.6 Å². The number of carbonyl (C=O) groups excluding carboxylic acids is 1. The van der Waals surface area contributed by atoms with Gasteiger partial charge in [0.05, 0.1) is 11.1 Å². The third kappa shape index (κ3) is 3.14. The van der Waals surface area contributed by atoms with E-state index in [4.69, 9.17) is 10.8 Å². The van der Waals surface area contributed by atoms with Gasteiger partial charge in [-0.05, 0) is 36.4 Å². The highest BCUT2D eigenvalue weighted by Gasteiger charge is 2.14. The number of carboxylic acids is 1. The van der Waals surface area contributed by atoms with E-state index in [1.165, 1.54) is 12.1 Å². The summed E-state index contributed by atoms with van der Waals surface area (Å²) in [6.45, 7) is 0. The van der Waals surface area contributed by atoms with Gasteiger partial charge in [-0.1, -0.05) is 0 Å². The van der Waals surface area contributed by atoms with Crippen LogP contribution in [0.3, 0.4) is 0 Å². The van der Waals surface area contributed by atoms with Crippen molar-refractivity contribution in [3.63, 3.8) is 0 Å². The number of anilines is 2. The van der Waals surface area contributed by atoms with E-state index in [1.807, 2.05) is 0 Å². The fourth-order valence-electron chi connectivity index (χ4n) is 1.69. The molecule has 108 valence electrons. The highest BCUT2D eigenvalue weighted by Crippen LogP contribution is 2.18. The molecule has 2 rings (SSSR count). The van der Waals surface area contributed by atoms with Crippen LogP contribution in [0.4, 0.5) is 20.2 Å². The minimum absolute atomic E-state index is 0.0578. The summed E-state index contributed by atoms with van der Waals surface area (Å²) in [6, 6.07) is 6.35. The number of nitrogens with two attached hydrogens (primary N) is 1. The first-order chi connectivity index (χ1) is 9.88. The smallest absolute Gasteiger partial charge is 0.338 e. The number of nitrogen functional groups attached to an aromatic ring is 1. The van der Waals surface area contributed by atoms with Crippen molar-refractivity contribution >= 4 is 23.3 Å². The first-order valence-corrected chi connectivity index (χ1v) is 5.77. The summed E-state index contributed by atoms with van der Waals surface area (Å²) in [6.07, 6.45) is 0. The number of hydrogen-bond donors (Lipinski definition) is 3. The summed E-state index contributed by atoms with van der Waals surface area (Å²) >= 11 is 0. The summed E-state index contributed by atoms with van der Waals surface area (Å²) < 4.78 is 26.3. The van der Waals surface area contributed by atoms with E-state index in [2.05, 4.69) is 5.32 Å². The monoisotopic (exact) mass is 292 g/mol. The third-order valence-electron chi connectivity index (χ3n) is 2.71. The minimum Gasteiger partial charge on any atom is -0.478 e. The van der Waals surface area contributed by atoms with Crippen molar-refractivity contribution in [2.75, 3.05) is 11.1 Å². The number of carbonyl (C=O) groups is 2. The molecule has 4 N–H and O–H groups in total. The highest BCUT2D eigenvalue weighted by molar-refractivity contribution is 6.08. The molecule has 5 nitrogen and oxygen atoms in total. The molecule has 0 aromatic heterocycles. The molecule has 0 unspecified atom stereocenters. The second kappa shape index (κ2) is 5.58. The molecule has 0 radical (unpaired) electrons. The lowest BCUT2D eigenvalue weighted by Gasteiger charge is -2.08. The molecule has 0 aliphatic carbocycles. The Morgan fingerprint density at radius 1 is 1.05 bits per heavy atom. The molecule has 0 saturated carbocycles. The fourth-order valence-corrected chi connectivity index (χ4v) is 1.69. The summed E-state index contributed by atoms with van der Waals surface area (Å²) in [5.74, 6) is -3.76. The van der Waals surface area contributed by atoms with Gasteiger partial charge in [0.1, 0.15) is 11.6 Å². The molecule has 0 bridgehead atoms. The Kier molecular flexibility index (Phi) is 3.84. The van der Waals surface area contributed by atoms with Crippen molar-refractivity contribution in [2.45, 2.75) is 0 Å². The van der Waals surface area contributed by atoms with Crippen LogP contribution in [0.15, 0.2) is 36.4 Å². The number of hydrogen-bond acceptors (Lipinski definition) is 3. The van der Waals surface area contributed by atoms with E-state index in [9.17, 15) is 18.4 Å². The van der Waals surface area contributed by atoms with Crippen LogP contribution in [0.1, 0.15) is 20.7 Å². The molecule has 2 aromatic rings. The lowest BCUT2D eigenvalue weighted by Crippen LogP contribution is -2.15. The number of carboxylic acid groups (broad SMARTS) is 1. The second-order valence-electron chi connectivity index (χ2n) is 4.19. The molecular weight excluding hydrogens is 282 g/mol. The van der Waals surface area contributed by atoms with Gasteiger partial charge >= 0.3 is 5.97 Å². The number of aromatic carboxylic acids is 1. The van der Waals surface area contributed by atoms with Crippen molar-refractivity contribution in [1.29, 1.82) is 0 Å². The van der Waals surface area contributed by atoms with Gasteiger partial charge in [-0.2, -0.15) is 0 Å². The molecule has 1 amide bonds. The van der Waals surface area contributed by atoms with Crippen molar-refractivity contribution in [1.82, 2.24) is 0 Å². The zero-order valence-corrected chi connectivity index (χ0v) is 10.6. The van der Waals surface area contributed by atoms with E-state index in [0.29, 0.717) is 0 Å². The van der Waals surface area contributed by atoms with Crippen LogP contribution in [0.5, 0.6) is 0 Å². The van der Waals surface area contributed by atoms with Gasteiger partial charge in [-0.15, -0.1) is 0 Å². The van der Waals surface area contributed by atoms with E-state index >= 15 is 0 Å². The minimum atomic E-state index is -1.46. The van der Waals surface area contributed by atoms with Crippen molar-refractivity contribution < 1.29 is 23.5 Å². The quantitative estimate of drug-likeness (QED) is 0.758. The zero-order chi connectivity index (χ0) is 15.6. The van der Waals surface area contributed by atoms with Crippen LogP contribution in [0.2, 0.25) is 0 Å². The largest absolute Gasteiger partial charge is 0.478 e. The molecule has 7 heteroatoms. The van der Waals surface area contributed by atoms with Crippen LogP contribution < -0.4 is 11.1 Å². The Balaban J connectivity index is 2.29. The van der Waals surface area contributed by atoms with Crippen LogP contribution in [-0.4, -0.2) is 17.0 Å². The van der Waals surface area contributed by atoms with Gasteiger partial charge in [0, 0.05) is 11.4 Å². The van der Waals surface area contributed by atoms with E-state index in [0.717, 1.165) is 24.3 Å². The number of halogens is 2. The predicted octanol–water partition coefficient (Wildman–Crippen LogP) is 2.50. The van der Waals surface area contributed by atoms with Crippen LogP contribution in [0.25, 0.3) is 0 Å². The number of rotatable bonds is 3. The zero-order valence-electron chi connectivity index (χ0n) is 10.6. The first kappa shape index (κ1) is 14.4.